The summed E-state index contributed by atoms with van der Waals surface area (Å²) in [4.78, 5) is 27.7. The van der Waals surface area contributed by atoms with Gasteiger partial charge in [0.2, 0.25) is 5.91 Å². The van der Waals surface area contributed by atoms with Crippen molar-refractivity contribution in [2.24, 2.45) is 17.1 Å². The van der Waals surface area contributed by atoms with Gasteiger partial charge in [-0.1, -0.05) is 121 Å². The summed E-state index contributed by atoms with van der Waals surface area (Å²) in [5, 5.41) is 11.0. The van der Waals surface area contributed by atoms with Crippen molar-refractivity contribution in [2.45, 2.75) is 153 Å². The number of hydrogen-bond acceptors (Lipinski definition) is 3. The molecule has 2 atom stereocenters. The minimum Gasteiger partial charge on any atom is -0.508 e. The van der Waals surface area contributed by atoms with Crippen LogP contribution in [0.5, 0.6) is 5.75 Å². The van der Waals surface area contributed by atoms with Gasteiger partial charge in [-0.25, -0.2) is 4.79 Å². The summed E-state index contributed by atoms with van der Waals surface area (Å²) >= 11 is 0. The van der Waals surface area contributed by atoms with Crippen LogP contribution in [0.1, 0.15) is 158 Å². The summed E-state index contributed by atoms with van der Waals surface area (Å²) in [6, 6.07) is 5.78. The third-order valence-electron chi connectivity index (χ3n) is 8.23. The van der Waals surface area contributed by atoms with Crippen LogP contribution in [0.2, 0.25) is 0 Å². The number of amides is 3. The largest absolute Gasteiger partial charge is 0.508 e. The van der Waals surface area contributed by atoms with Crippen LogP contribution in [0.25, 0.3) is 0 Å². The average Bonchev–Trinajstić information content (AvgIpc) is 2.98. The molecule has 3 amide bonds. The first-order valence-corrected chi connectivity index (χ1v) is 17.2. The second kappa shape index (κ2) is 21.2. The number of unbranched alkanes of at least 4 members (excludes halogenated alkanes) is 2. The van der Waals surface area contributed by atoms with Crippen LogP contribution in [-0.2, 0) is 10.3 Å². The number of likely N-dealkylation sites (N-methyl/N-ethyl adjacent to an activating group) is 1. The van der Waals surface area contributed by atoms with Crippen molar-refractivity contribution in [3.63, 3.8) is 0 Å². The zero-order valence-corrected chi connectivity index (χ0v) is 30.6. The molecule has 0 spiro atoms. The molecule has 43 heavy (non-hydrogen) atoms. The summed E-state index contributed by atoms with van der Waals surface area (Å²) < 4.78 is 0. The Bertz CT molecular complexity index is 968. The molecule has 6 heteroatoms. The fourth-order valence-corrected chi connectivity index (χ4v) is 5.90. The molecule has 3 N–H and O–H groups in total. The SMILES string of the molecule is CC.CC.CC.CC(C)C1=CN(CCC(N)=O)C(=O)N(C)C1(C)c1ccc(C2CCCC(C)(C)C2)c(O)c1.CCCCC. The maximum absolute atomic E-state index is 13.2. The van der Waals surface area contributed by atoms with Crippen LogP contribution in [0.4, 0.5) is 4.79 Å². The van der Waals surface area contributed by atoms with Crippen LogP contribution in [0.15, 0.2) is 30.0 Å². The van der Waals surface area contributed by atoms with Gasteiger partial charge in [-0.05, 0) is 66.2 Å². The van der Waals surface area contributed by atoms with Crippen LogP contribution < -0.4 is 5.73 Å². The van der Waals surface area contributed by atoms with Crippen LogP contribution in [0, 0.1) is 11.3 Å². The molecule has 1 aromatic rings. The molecule has 2 aliphatic rings. The number of carbonyl (C=O) groups is 2. The van der Waals surface area contributed by atoms with Gasteiger partial charge in [-0.3, -0.25) is 4.79 Å². The summed E-state index contributed by atoms with van der Waals surface area (Å²) in [6.07, 6.45) is 10.6. The number of aromatic hydroxyl groups is 1. The first-order chi connectivity index (χ1) is 20.3. The lowest BCUT2D eigenvalue weighted by Crippen LogP contribution is -2.55. The highest BCUT2D eigenvalue weighted by Crippen LogP contribution is 2.48. The zero-order chi connectivity index (χ0) is 34.0. The highest BCUT2D eigenvalue weighted by Gasteiger charge is 2.44. The van der Waals surface area contributed by atoms with E-state index in [0.717, 1.165) is 29.5 Å². The van der Waals surface area contributed by atoms with E-state index in [2.05, 4.69) is 53.7 Å². The maximum Gasteiger partial charge on any atom is 0.324 e. The van der Waals surface area contributed by atoms with Gasteiger partial charge in [-0.15, -0.1) is 0 Å². The average molecular weight is 604 g/mol. The van der Waals surface area contributed by atoms with E-state index in [-0.39, 0.29) is 30.3 Å². The Morgan fingerprint density at radius 2 is 1.60 bits per heavy atom. The number of primary amides is 1. The number of nitrogens with zero attached hydrogens (tertiary/aromatic N) is 2. The van der Waals surface area contributed by atoms with Crippen molar-refractivity contribution in [1.82, 2.24) is 9.80 Å². The van der Waals surface area contributed by atoms with Crippen LogP contribution in [0.3, 0.4) is 0 Å². The van der Waals surface area contributed by atoms with Gasteiger partial charge in [0.25, 0.3) is 0 Å². The second-order valence-electron chi connectivity index (χ2n) is 12.1. The third-order valence-corrected chi connectivity index (χ3v) is 8.23. The summed E-state index contributed by atoms with van der Waals surface area (Å²) in [5.41, 5.74) is 7.84. The molecule has 0 saturated heterocycles. The highest BCUT2D eigenvalue weighted by atomic mass is 16.3. The lowest BCUT2D eigenvalue weighted by molar-refractivity contribution is -0.118. The highest BCUT2D eigenvalue weighted by molar-refractivity contribution is 5.80. The Labute approximate surface area is 266 Å². The van der Waals surface area contributed by atoms with Gasteiger partial charge < -0.3 is 20.6 Å². The summed E-state index contributed by atoms with van der Waals surface area (Å²) in [6.45, 7) is 27.5. The minimum absolute atomic E-state index is 0.116. The number of nitrogens with two attached hydrogens (primary N) is 1. The molecule has 6 nitrogen and oxygen atoms in total. The van der Waals surface area contributed by atoms with Crippen molar-refractivity contribution in [2.75, 3.05) is 13.6 Å². The standard InChI is InChI=1S/C26H39N3O3.C5H12.3C2H6/c1-17(2)21-16-29(13-11-23(27)31)24(32)28(6)26(21,5)19-9-10-20(22(30)14-19)18-8-7-12-25(3,4)15-18;1-3-5-4-2;3*1-2/h9-10,14,16-18,30H,7-8,11-13,15H2,1-6H3,(H2,27,31);3-5H2,1-2H3;3*1-2H3. The van der Waals surface area contributed by atoms with Gasteiger partial charge in [0.15, 0.2) is 0 Å². The monoisotopic (exact) mass is 604 g/mol. The topological polar surface area (TPSA) is 86.9 Å². The van der Waals surface area contributed by atoms with E-state index in [4.69, 9.17) is 5.73 Å². The number of carbonyl (C=O) groups excluding carboxylic acids is 2. The van der Waals surface area contributed by atoms with Crippen molar-refractivity contribution in [3.8, 4) is 5.75 Å². The quantitative estimate of drug-likeness (QED) is 0.310. The number of phenols is 1. The minimum atomic E-state index is -0.698. The van der Waals surface area contributed by atoms with Gasteiger partial charge >= 0.3 is 6.03 Å². The van der Waals surface area contributed by atoms with E-state index in [0.29, 0.717) is 11.7 Å². The van der Waals surface area contributed by atoms with Crippen molar-refractivity contribution in [1.29, 1.82) is 0 Å². The van der Waals surface area contributed by atoms with Crippen molar-refractivity contribution in [3.05, 3.63) is 41.1 Å². The number of benzene rings is 1. The first kappa shape index (κ1) is 42.6. The van der Waals surface area contributed by atoms with Crippen LogP contribution in [-0.4, -0.2) is 40.4 Å². The normalized spacial score (nSPS) is 20.6. The van der Waals surface area contributed by atoms with Gasteiger partial charge in [0.05, 0.1) is 5.54 Å². The molecule has 0 aromatic heterocycles. The first-order valence-electron chi connectivity index (χ1n) is 17.2. The van der Waals surface area contributed by atoms with Crippen molar-refractivity contribution < 1.29 is 14.7 Å². The molecule has 2 unspecified atom stereocenters. The van der Waals surface area contributed by atoms with Crippen LogP contribution >= 0.6 is 0 Å². The third kappa shape index (κ3) is 12.2. The fraction of sp³-hybridized carbons (Fsp3) is 0.730. The molecule has 0 radical (unpaired) electrons. The molecule has 0 bridgehead atoms. The van der Waals surface area contributed by atoms with Gasteiger partial charge in [-0.2, -0.15) is 0 Å². The Balaban J connectivity index is 0. The number of phenolic OH excluding ortho intramolecular Hbond substituents is 1. The molecule has 1 aromatic carbocycles. The predicted molar refractivity (Wildman–Crippen MR) is 186 cm³/mol. The Hall–Kier alpha value is -2.50. The number of hydrogen-bond donors (Lipinski definition) is 2. The summed E-state index contributed by atoms with van der Waals surface area (Å²) in [7, 11) is 1.78. The lowest BCUT2D eigenvalue weighted by Gasteiger charge is -2.48. The second-order valence-corrected chi connectivity index (χ2v) is 12.1. The Morgan fingerprint density at radius 1 is 1.05 bits per heavy atom. The molecular formula is C37H69N3O3. The van der Waals surface area contributed by atoms with Gasteiger partial charge in [0.1, 0.15) is 5.75 Å². The van der Waals surface area contributed by atoms with E-state index in [1.807, 2.05) is 60.7 Å². The molecular weight excluding hydrogens is 534 g/mol. The van der Waals surface area contributed by atoms with E-state index in [1.165, 1.54) is 32.1 Å². The zero-order valence-electron chi connectivity index (χ0n) is 30.6. The van der Waals surface area contributed by atoms with Gasteiger partial charge in [0, 0.05) is 26.2 Å². The molecule has 1 saturated carbocycles. The number of rotatable bonds is 8. The lowest BCUT2D eigenvalue weighted by atomic mass is 9.69. The summed E-state index contributed by atoms with van der Waals surface area (Å²) in [5.74, 6) is 0.398. The fourth-order valence-electron chi connectivity index (χ4n) is 5.90. The van der Waals surface area contributed by atoms with E-state index >= 15 is 0 Å². The molecule has 1 heterocycles. The van der Waals surface area contributed by atoms with E-state index < -0.39 is 11.4 Å². The van der Waals surface area contributed by atoms with Crippen molar-refractivity contribution >= 4 is 11.9 Å². The smallest absolute Gasteiger partial charge is 0.324 e. The Kier molecular flexibility index (Phi) is 21.1. The molecule has 3 rings (SSSR count). The molecule has 1 aliphatic heterocycles. The predicted octanol–water partition coefficient (Wildman–Crippen LogP) is 10.3. The maximum atomic E-state index is 13.2. The molecule has 1 aliphatic carbocycles. The molecule has 250 valence electrons. The molecule has 1 fully saturated rings. The Morgan fingerprint density at radius 3 is 2.02 bits per heavy atom. The van der Waals surface area contributed by atoms with E-state index in [9.17, 15) is 14.7 Å². The number of urea groups is 1. The van der Waals surface area contributed by atoms with E-state index in [1.54, 1.807) is 16.8 Å².